The Hall–Kier alpha value is -1.74. The monoisotopic (exact) mass is 400 g/mol. The molecule has 0 atom stereocenters. The summed E-state index contributed by atoms with van der Waals surface area (Å²) >= 11 is 0. The van der Waals surface area contributed by atoms with Crippen LogP contribution in [0.2, 0.25) is 0 Å². The summed E-state index contributed by atoms with van der Waals surface area (Å²) in [7, 11) is 0. The van der Waals surface area contributed by atoms with Crippen LogP contribution in [0.5, 0.6) is 0 Å². The van der Waals surface area contributed by atoms with E-state index in [0.717, 1.165) is 11.5 Å². The third-order valence-corrected chi connectivity index (χ3v) is 6.50. The van der Waals surface area contributed by atoms with Crippen molar-refractivity contribution in [1.29, 1.82) is 0 Å². The van der Waals surface area contributed by atoms with E-state index in [4.69, 9.17) is 5.11 Å². The van der Waals surface area contributed by atoms with Gasteiger partial charge in [-0.3, -0.25) is 0 Å². The Morgan fingerprint density at radius 1 is 0.862 bits per heavy atom. The zero-order valence-electron chi connectivity index (χ0n) is 17.6. The summed E-state index contributed by atoms with van der Waals surface area (Å²) in [6.45, 7) is 2.19. The van der Waals surface area contributed by atoms with E-state index in [1.165, 1.54) is 69.1 Å². The highest BCUT2D eigenvalue weighted by atomic mass is 19.1. The molecule has 0 spiro atoms. The predicted molar refractivity (Wildman–Crippen MR) is 116 cm³/mol. The third-order valence-electron chi connectivity index (χ3n) is 6.50. The van der Waals surface area contributed by atoms with E-state index in [9.17, 15) is 8.78 Å². The van der Waals surface area contributed by atoms with Gasteiger partial charge < -0.3 is 5.11 Å². The van der Waals surface area contributed by atoms with E-state index in [0.29, 0.717) is 17.9 Å². The van der Waals surface area contributed by atoms with Crippen LogP contribution in [-0.2, 0) is 6.42 Å². The Kier molecular flexibility index (Phi) is 8.23. The minimum absolute atomic E-state index is 0.0649. The Balaban J connectivity index is 1.62. The van der Waals surface area contributed by atoms with Crippen LogP contribution in [-0.4, -0.2) is 11.7 Å². The first-order valence-electron chi connectivity index (χ1n) is 11.3. The standard InChI is InChI=1S/C26H34F2O/c1-2-3-4-6-19-8-10-20(11-9-19)21-12-14-22(15-13-21)23-17-25(27)24(7-5-16-29)26(28)18-23/h12-15,17-20,29H,2-11,16H2,1H3. The summed E-state index contributed by atoms with van der Waals surface area (Å²) in [6.07, 6.45) is 11.1. The Morgan fingerprint density at radius 2 is 1.52 bits per heavy atom. The lowest BCUT2D eigenvalue weighted by atomic mass is 9.77. The van der Waals surface area contributed by atoms with Crippen molar-refractivity contribution in [2.45, 2.75) is 77.0 Å². The van der Waals surface area contributed by atoms with Gasteiger partial charge >= 0.3 is 0 Å². The van der Waals surface area contributed by atoms with Gasteiger partial charge in [0, 0.05) is 12.2 Å². The van der Waals surface area contributed by atoms with Gasteiger partial charge in [0.05, 0.1) is 0 Å². The number of benzene rings is 2. The smallest absolute Gasteiger partial charge is 0.129 e. The summed E-state index contributed by atoms with van der Waals surface area (Å²) in [6, 6.07) is 11.1. The second-order valence-corrected chi connectivity index (χ2v) is 8.58. The molecule has 0 aromatic heterocycles. The van der Waals surface area contributed by atoms with Crippen molar-refractivity contribution in [1.82, 2.24) is 0 Å². The van der Waals surface area contributed by atoms with Gasteiger partial charge in [0.15, 0.2) is 0 Å². The number of hydrogen-bond donors (Lipinski definition) is 1. The summed E-state index contributed by atoms with van der Waals surface area (Å²) in [5, 5.41) is 8.89. The summed E-state index contributed by atoms with van der Waals surface area (Å²) in [5.41, 5.74) is 2.82. The van der Waals surface area contributed by atoms with Crippen molar-refractivity contribution >= 4 is 0 Å². The van der Waals surface area contributed by atoms with Crippen LogP contribution in [0.15, 0.2) is 36.4 Å². The minimum atomic E-state index is -0.529. The fourth-order valence-corrected chi connectivity index (χ4v) is 4.68. The highest BCUT2D eigenvalue weighted by Gasteiger charge is 2.22. The lowest BCUT2D eigenvalue weighted by molar-refractivity contribution is 0.287. The molecule has 0 bridgehead atoms. The quantitative estimate of drug-likeness (QED) is 0.434. The van der Waals surface area contributed by atoms with Crippen molar-refractivity contribution in [2.24, 2.45) is 5.92 Å². The number of aliphatic hydroxyl groups excluding tert-OH is 1. The van der Waals surface area contributed by atoms with Crippen LogP contribution in [0.25, 0.3) is 11.1 Å². The van der Waals surface area contributed by atoms with E-state index in [1.807, 2.05) is 12.1 Å². The maximum atomic E-state index is 14.3. The first-order chi connectivity index (χ1) is 14.1. The fraction of sp³-hybridized carbons (Fsp3) is 0.538. The maximum absolute atomic E-state index is 14.3. The predicted octanol–water partition coefficient (Wildman–Crippen LogP) is 7.41. The first-order valence-corrected chi connectivity index (χ1v) is 11.3. The molecule has 0 heterocycles. The lowest BCUT2D eigenvalue weighted by Crippen LogP contribution is -2.13. The number of halogens is 2. The molecule has 1 N–H and O–H groups in total. The van der Waals surface area contributed by atoms with E-state index >= 15 is 0 Å². The van der Waals surface area contributed by atoms with Gasteiger partial charge in [0.25, 0.3) is 0 Å². The molecule has 3 heteroatoms. The van der Waals surface area contributed by atoms with Crippen molar-refractivity contribution in [2.75, 3.05) is 6.61 Å². The minimum Gasteiger partial charge on any atom is -0.396 e. The van der Waals surface area contributed by atoms with Gasteiger partial charge in [-0.25, -0.2) is 8.78 Å². The zero-order chi connectivity index (χ0) is 20.6. The van der Waals surface area contributed by atoms with Gasteiger partial charge in [-0.2, -0.15) is 0 Å². The van der Waals surface area contributed by atoms with Gasteiger partial charge in [-0.15, -0.1) is 0 Å². The second-order valence-electron chi connectivity index (χ2n) is 8.58. The molecule has 1 nitrogen and oxygen atoms in total. The lowest BCUT2D eigenvalue weighted by Gasteiger charge is -2.29. The fourth-order valence-electron chi connectivity index (χ4n) is 4.68. The highest BCUT2D eigenvalue weighted by molar-refractivity contribution is 5.64. The van der Waals surface area contributed by atoms with Crippen LogP contribution in [0.1, 0.15) is 81.8 Å². The molecule has 0 amide bonds. The van der Waals surface area contributed by atoms with E-state index in [2.05, 4.69) is 19.1 Å². The molecule has 2 aromatic rings. The second kappa shape index (κ2) is 10.9. The van der Waals surface area contributed by atoms with Crippen molar-refractivity contribution in [3.8, 4) is 11.1 Å². The third kappa shape index (κ3) is 5.88. The molecule has 158 valence electrons. The summed E-state index contributed by atoms with van der Waals surface area (Å²) < 4.78 is 28.6. The van der Waals surface area contributed by atoms with Crippen LogP contribution in [0.4, 0.5) is 8.78 Å². The average molecular weight is 401 g/mol. The first kappa shape index (κ1) is 22.0. The molecule has 0 saturated heterocycles. The molecule has 1 aliphatic carbocycles. The number of hydrogen-bond acceptors (Lipinski definition) is 1. The molecule has 0 unspecified atom stereocenters. The topological polar surface area (TPSA) is 20.2 Å². The Morgan fingerprint density at radius 3 is 2.10 bits per heavy atom. The average Bonchev–Trinajstić information content (AvgIpc) is 2.74. The van der Waals surface area contributed by atoms with Crippen molar-refractivity contribution in [3.05, 3.63) is 59.2 Å². The maximum Gasteiger partial charge on any atom is 0.129 e. The van der Waals surface area contributed by atoms with Gasteiger partial charge in [-0.05, 0) is 79.2 Å². The molecule has 0 aliphatic heterocycles. The largest absolute Gasteiger partial charge is 0.396 e. The number of rotatable bonds is 9. The Bertz CT molecular complexity index is 738. The molecule has 1 aliphatic rings. The van der Waals surface area contributed by atoms with Crippen molar-refractivity contribution < 1.29 is 13.9 Å². The van der Waals surface area contributed by atoms with Crippen LogP contribution in [0.3, 0.4) is 0 Å². The van der Waals surface area contributed by atoms with E-state index in [-0.39, 0.29) is 18.6 Å². The van der Waals surface area contributed by atoms with E-state index < -0.39 is 11.6 Å². The van der Waals surface area contributed by atoms with E-state index in [1.54, 1.807) is 0 Å². The summed E-state index contributed by atoms with van der Waals surface area (Å²) in [4.78, 5) is 0. The number of aliphatic hydroxyl groups is 1. The van der Waals surface area contributed by atoms with Crippen molar-refractivity contribution in [3.63, 3.8) is 0 Å². The normalized spacial score (nSPS) is 19.4. The zero-order valence-corrected chi connectivity index (χ0v) is 17.6. The number of unbranched alkanes of at least 4 members (excludes halogenated alkanes) is 2. The van der Waals surface area contributed by atoms with Gasteiger partial charge in [-0.1, -0.05) is 56.9 Å². The molecule has 1 saturated carbocycles. The molecular formula is C26H34F2O. The summed E-state index contributed by atoms with van der Waals surface area (Å²) in [5.74, 6) is 0.450. The highest BCUT2D eigenvalue weighted by Crippen LogP contribution is 2.38. The molecule has 1 fully saturated rings. The van der Waals surface area contributed by atoms with Gasteiger partial charge in [0.2, 0.25) is 0 Å². The van der Waals surface area contributed by atoms with Gasteiger partial charge in [0.1, 0.15) is 11.6 Å². The molecule has 29 heavy (non-hydrogen) atoms. The van der Waals surface area contributed by atoms with Crippen LogP contribution in [0, 0.1) is 17.6 Å². The van der Waals surface area contributed by atoms with Crippen LogP contribution < -0.4 is 0 Å². The SMILES string of the molecule is CCCCCC1CCC(c2ccc(-c3cc(F)c(CCCO)c(F)c3)cc2)CC1. The Labute approximate surface area is 174 Å². The molecule has 0 radical (unpaired) electrons. The molecule has 2 aromatic carbocycles. The molecule has 3 rings (SSSR count). The molecular weight excluding hydrogens is 366 g/mol. The van der Waals surface area contributed by atoms with Crippen LogP contribution >= 0.6 is 0 Å².